The quantitative estimate of drug-likeness (QED) is 0.219. The van der Waals surface area contributed by atoms with Crippen LogP contribution in [-0.4, -0.2) is 36.0 Å². The number of esters is 1. The fourth-order valence-electron chi connectivity index (χ4n) is 3.70. The zero-order chi connectivity index (χ0) is 27.4. The second-order valence-electron chi connectivity index (χ2n) is 8.59. The van der Waals surface area contributed by atoms with Crippen LogP contribution in [0.5, 0.6) is 5.75 Å². The van der Waals surface area contributed by atoms with Gasteiger partial charge in [0.2, 0.25) is 7.37 Å². The molecule has 0 spiro atoms. The Morgan fingerprint density at radius 3 is 2.16 bits per heavy atom. The van der Waals surface area contributed by atoms with Gasteiger partial charge in [-0.05, 0) is 35.6 Å². The first-order chi connectivity index (χ1) is 18.3. The van der Waals surface area contributed by atoms with Gasteiger partial charge >= 0.3 is 12.1 Å². The average molecular weight is 544 g/mol. The van der Waals surface area contributed by atoms with Crippen LogP contribution in [-0.2, 0) is 38.5 Å². The summed E-state index contributed by atoms with van der Waals surface area (Å²) in [6.07, 6.45) is -1.36. The number of carbonyl (C=O) groups excluding carboxylic acids is 2. The second kappa shape index (κ2) is 14.3. The van der Waals surface area contributed by atoms with Crippen molar-refractivity contribution in [1.82, 2.24) is 5.32 Å². The first-order valence-corrected chi connectivity index (χ1v) is 14.0. The van der Waals surface area contributed by atoms with E-state index >= 15 is 0 Å². The number of aryl methyl sites for hydroxylation is 1. The predicted octanol–water partition coefficient (Wildman–Crippen LogP) is 5.42. The molecule has 202 valence electrons. The van der Waals surface area contributed by atoms with E-state index in [-0.39, 0.29) is 44.4 Å². The lowest BCUT2D eigenvalue weighted by molar-refractivity contribution is -0.145. The van der Waals surface area contributed by atoms with Crippen molar-refractivity contribution >= 4 is 19.4 Å². The van der Waals surface area contributed by atoms with E-state index in [0.717, 1.165) is 11.1 Å². The maximum Gasteiger partial charge on any atom is 0.408 e. The molecule has 2 atom stereocenters. The Kier molecular flexibility index (Phi) is 10.9. The molecular formula is C28H31FNO7P. The number of halogens is 1. The van der Waals surface area contributed by atoms with Crippen molar-refractivity contribution in [2.45, 2.75) is 38.3 Å². The Morgan fingerprint density at radius 1 is 0.947 bits per heavy atom. The lowest BCUT2D eigenvalue weighted by Gasteiger charge is -2.24. The van der Waals surface area contributed by atoms with Crippen molar-refractivity contribution in [1.29, 1.82) is 0 Å². The number of hydrogen-bond donors (Lipinski definition) is 2. The molecule has 3 rings (SSSR count). The van der Waals surface area contributed by atoms with Crippen LogP contribution >= 0.6 is 7.37 Å². The van der Waals surface area contributed by atoms with E-state index in [9.17, 15) is 23.4 Å². The molecule has 10 heteroatoms. The lowest BCUT2D eigenvalue weighted by Crippen LogP contribution is -2.36. The number of amides is 1. The number of rotatable bonds is 13. The third kappa shape index (κ3) is 9.32. The van der Waals surface area contributed by atoms with Crippen LogP contribution < -0.4 is 10.1 Å². The number of alkyl carbamates (subject to hydrolysis) is 1. The minimum absolute atomic E-state index is 0.0268. The highest BCUT2D eigenvalue weighted by Gasteiger charge is 2.33. The van der Waals surface area contributed by atoms with E-state index in [1.165, 1.54) is 25.3 Å². The molecule has 1 amide bonds. The molecule has 0 saturated carbocycles. The topological polar surface area (TPSA) is 111 Å². The minimum Gasteiger partial charge on any atom is -0.496 e. The Balaban J connectivity index is 1.64. The number of carbonyl (C=O) groups is 2. The molecule has 0 aliphatic carbocycles. The minimum atomic E-state index is -4.06. The summed E-state index contributed by atoms with van der Waals surface area (Å²) in [4.78, 5) is 35.8. The number of benzene rings is 3. The van der Waals surface area contributed by atoms with E-state index in [1.807, 2.05) is 36.4 Å². The SMILES string of the molecule is COc1cc(F)ccc1CCP(=O)(O)C(CCC(=O)OCc1ccccc1)NC(=O)OCc1ccccc1. The van der Waals surface area contributed by atoms with Gasteiger partial charge in [-0.25, -0.2) is 9.18 Å². The summed E-state index contributed by atoms with van der Waals surface area (Å²) in [6, 6.07) is 22.0. The van der Waals surface area contributed by atoms with Crippen molar-refractivity contribution < 1.29 is 37.6 Å². The van der Waals surface area contributed by atoms with Gasteiger partial charge < -0.3 is 24.4 Å². The standard InChI is InChI=1S/C28H31FNO7P/c1-35-25-18-24(29)13-12-23(25)16-17-38(33,34)26(30-28(32)37-20-22-10-6-3-7-11-22)14-15-27(31)36-19-21-8-4-2-5-9-21/h2-13,18,26H,14-17,19-20H2,1H3,(H,30,32)(H,33,34). The van der Waals surface area contributed by atoms with Crippen LogP contribution in [0.2, 0.25) is 0 Å². The third-order valence-electron chi connectivity index (χ3n) is 5.80. The second-order valence-corrected chi connectivity index (χ2v) is 11.2. The average Bonchev–Trinajstić information content (AvgIpc) is 2.93. The number of nitrogens with one attached hydrogen (secondary N) is 1. The highest BCUT2D eigenvalue weighted by Crippen LogP contribution is 2.47. The summed E-state index contributed by atoms with van der Waals surface area (Å²) in [6.45, 7) is 0.0407. The summed E-state index contributed by atoms with van der Waals surface area (Å²) in [5.41, 5.74) is 2.09. The van der Waals surface area contributed by atoms with Gasteiger partial charge in [-0.15, -0.1) is 0 Å². The molecule has 0 bridgehead atoms. The summed E-state index contributed by atoms with van der Waals surface area (Å²) in [7, 11) is -2.68. The number of methoxy groups -OCH3 is 1. The normalized spacial score (nSPS) is 13.1. The summed E-state index contributed by atoms with van der Waals surface area (Å²) < 4.78 is 42.6. The lowest BCUT2D eigenvalue weighted by atomic mass is 10.1. The zero-order valence-corrected chi connectivity index (χ0v) is 21.9. The van der Waals surface area contributed by atoms with Gasteiger partial charge in [-0.1, -0.05) is 66.7 Å². The van der Waals surface area contributed by atoms with Crippen molar-refractivity contribution in [3.8, 4) is 5.75 Å². The first kappa shape index (κ1) is 28.9. The van der Waals surface area contributed by atoms with Gasteiger partial charge in [0.15, 0.2) is 0 Å². The van der Waals surface area contributed by atoms with Crippen molar-refractivity contribution in [3.63, 3.8) is 0 Å². The monoisotopic (exact) mass is 543 g/mol. The van der Waals surface area contributed by atoms with Crippen LogP contribution in [0, 0.1) is 5.82 Å². The molecular weight excluding hydrogens is 512 g/mol. The molecule has 0 aliphatic heterocycles. The van der Waals surface area contributed by atoms with Gasteiger partial charge in [0.05, 0.1) is 7.11 Å². The molecule has 38 heavy (non-hydrogen) atoms. The maximum atomic E-state index is 13.5. The number of hydrogen-bond acceptors (Lipinski definition) is 6. The van der Waals surface area contributed by atoms with Gasteiger partial charge in [-0.2, -0.15) is 0 Å². The summed E-state index contributed by atoms with van der Waals surface area (Å²) in [5.74, 6) is -2.08. The zero-order valence-electron chi connectivity index (χ0n) is 21.0. The molecule has 0 aromatic heterocycles. The molecule has 2 unspecified atom stereocenters. The summed E-state index contributed by atoms with van der Waals surface area (Å²) >= 11 is 0. The Bertz CT molecular complexity index is 1240. The van der Waals surface area contributed by atoms with Crippen molar-refractivity contribution in [3.05, 3.63) is 101 Å². The first-order valence-electron chi connectivity index (χ1n) is 12.1. The highest BCUT2D eigenvalue weighted by molar-refractivity contribution is 7.58. The summed E-state index contributed by atoms with van der Waals surface area (Å²) in [5, 5.41) is 2.46. The molecule has 3 aromatic carbocycles. The Labute approximate surface area is 221 Å². The van der Waals surface area contributed by atoms with Gasteiger partial charge in [-0.3, -0.25) is 9.36 Å². The van der Waals surface area contributed by atoms with Crippen LogP contribution in [0.25, 0.3) is 0 Å². The van der Waals surface area contributed by atoms with E-state index in [4.69, 9.17) is 14.2 Å². The predicted molar refractivity (Wildman–Crippen MR) is 140 cm³/mol. The van der Waals surface area contributed by atoms with Crippen molar-refractivity contribution in [2.75, 3.05) is 13.3 Å². The van der Waals surface area contributed by atoms with Crippen LogP contribution in [0.3, 0.4) is 0 Å². The van der Waals surface area contributed by atoms with Gasteiger partial charge in [0.1, 0.15) is 30.6 Å². The largest absolute Gasteiger partial charge is 0.496 e. The van der Waals surface area contributed by atoms with E-state index in [0.29, 0.717) is 5.56 Å². The maximum absolute atomic E-state index is 13.5. The van der Waals surface area contributed by atoms with E-state index in [2.05, 4.69) is 5.32 Å². The molecule has 2 N–H and O–H groups in total. The van der Waals surface area contributed by atoms with Gasteiger partial charge in [0.25, 0.3) is 0 Å². The third-order valence-corrected chi connectivity index (χ3v) is 8.03. The van der Waals surface area contributed by atoms with Crippen molar-refractivity contribution in [2.24, 2.45) is 0 Å². The van der Waals surface area contributed by atoms with Gasteiger partial charge in [0, 0.05) is 18.6 Å². The van der Waals surface area contributed by atoms with E-state index < -0.39 is 31.0 Å². The van der Waals surface area contributed by atoms with E-state index in [1.54, 1.807) is 24.3 Å². The Hall–Kier alpha value is -3.68. The highest BCUT2D eigenvalue weighted by atomic mass is 31.2. The molecule has 0 fully saturated rings. The van der Waals surface area contributed by atoms with Crippen LogP contribution in [0.1, 0.15) is 29.5 Å². The smallest absolute Gasteiger partial charge is 0.408 e. The molecule has 8 nitrogen and oxygen atoms in total. The molecule has 3 aromatic rings. The Morgan fingerprint density at radius 2 is 1.55 bits per heavy atom. The van der Waals surface area contributed by atoms with Crippen LogP contribution in [0.15, 0.2) is 78.9 Å². The number of ether oxygens (including phenoxy) is 3. The fraction of sp³-hybridized carbons (Fsp3) is 0.286. The fourth-order valence-corrected chi connectivity index (χ4v) is 5.41. The molecule has 0 aliphatic rings. The molecule has 0 heterocycles. The molecule has 0 radical (unpaired) electrons. The molecule has 0 saturated heterocycles. The van der Waals surface area contributed by atoms with Crippen LogP contribution in [0.4, 0.5) is 9.18 Å².